The van der Waals surface area contributed by atoms with E-state index in [1.807, 2.05) is 30.3 Å². The highest BCUT2D eigenvalue weighted by Crippen LogP contribution is 2.21. The fourth-order valence-corrected chi connectivity index (χ4v) is 2.97. The molecule has 0 radical (unpaired) electrons. The van der Waals surface area contributed by atoms with E-state index in [4.69, 9.17) is 9.72 Å². The molecule has 1 heterocycles. The first kappa shape index (κ1) is 15.0. The number of aromatic nitrogens is 1. The summed E-state index contributed by atoms with van der Waals surface area (Å²) >= 11 is 1.76. The van der Waals surface area contributed by atoms with Crippen molar-refractivity contribution >= 4 is 11.3 Å². The van der Waals surface area contributed by atoms with Gasteiger partial charge in [0.25, 0.3) is 0 Å². The molecule has 0 spiro atoms. The molecule has 1 aromatic heterocycles. The van der Waals surface area contributed by atoms with E-state index in [2.05, 4.69) is 19.2 Å². The van der Waals surface area contributed by atoms with Crippen LogP contribution in [0, 0.1) is 0 Å². The number of hydrogen-bond donors (Lipinski definition) is 1. The number of nitrogens with zero attached hydrogens (tertiary/aromatic N) is 1. The Labute approximate surface area is 125 Å². The van der Waals surface area contributed by atoms with Crippen molar-refractivity contribution in [3.8, 4) is 5.75 Å². The highest BCUT2D eigenvalue weighted by Gasteiger charge is 2.10. The van der Waals surface area contributed by atoms with Crippen molar-refractivity contribution < 1.29 is 4.74 Å². The zero-order valence-corrected chi connectivity index (χ0v) is 13.0. The standard InChI is InChI=1S/C16H22N2OS/c1-3-8-14-15(11-17-4-2)20-16(18-14)12-19-13-9-6-5-7-10-13/h5-7,9-10,17H,3-4,8,11-12H2,1-2H3. The Morgan fingerprint density at radius 1 is 1.20 bits per heavy atom. The third kappa shape index (κ3) is 4.32. The van der Waals surface area contributed by atoms with E-state index in [0.717, 1.165) is 36.7 Å². The second kappa shape index (κ2) is 8.02. The van der Waals surface area contributed by atoms with Crippen LogP contribution in [0.5, 0.6) is 5.75 Å². The van der Waals surface area contributed by atoms with E-state index in [1.54, 1.807) is 11.3 Å². The molecule has 108 valence electrons. The number of para-hydroxylation sites is 1. The Morgan fingerprint density at radius 2 is 2.00 bits per heavy atom. The van der Waals surface area contributed by atoms with Crippen molar-refractivity contribution in [3.05, 3.63) is 45.9 Å². The summed E-state index contributed by atoms with van der Waals surface area (Å²) in [6.45, 7) is 6.77. The van der Waals surface area contributed by atoms with Gasteiger partial charge in [0.15, 0.2) is 0 Å². The van der Waals surface area contributed by atoms with Crippen LogP contribution in [-0.2, 0) is 19.6 Å². The van der Waals surface area contributed by atoms with Crippen LogP contribution in [0.25, 0.3) is 0 Å². The molecule has 20 heavy (non-hydrogen) atoms. The van der Waals surface area contributed by atoms with Gasteiger partial charge in [-0.25, -0.2) is 4.98 Å². The van der Waals surface area contributed by atoms with Crippen LogP contribution in [-0.4, -0.2) is 11.5 Å². The van der Waals surface area contributed by atoms with Crippen LogP contribution in [0.15, 0.2) is 30.3 Å². The SMILES string of the molecule is CCCc1nc(COc2ccccc2)sc1CNCC. The van der Waals surface area contributed by atoms with E-state index >= 15 is 0 Å². The maximum Gasteiger partial charge on any atom is 0.140 e. The van der Waals surface area contributed by atoms with Gasteiger partial charge in [0.2, 0.25) is 0 Å². The monoisotopic (exact) mass is 290 g/mol. The molecule has 0 aliphatic carbocycles. The molecule has 0 fully saturated rings. The lowest BCUT2D eigenvalue weighted by Gasteiger charge is -2.02. The van der Waals surface area contributed by atoms with Crippen LogP contribution in [0.1, 0.15) is 35.8 Å². The second-order valence-electron chi connectivity index (χ2n) is 4.61. The zero-order chi connectivity index (χ0) is 14.2. The summed E-state index contributed by atoms with van der Waals surface area (Å²) in [5.74, 6) is 0.896. The lowest BCUT2D eigenvalue weighted by molar-refractivity contribution is 0.305. The van der Waals surface area contributed by atoms with Gasteiger partial charge in [-0.05, 0) is 25.1 Å². The summed E-state index contributed by atoms with van der Waals surface area (Å²) in [5, 5.41) is 4.44. The predicted molar refractivity (Wildman–Crippen MR) is 84.3 cm³/mol. The molecule has 0 aliphatic heterocycles. The minimum atomic E-state index is 0.553. The molecule has 2 aromatic rings. The summed E-state index contributed by atoms with van der Waals surface area (Å²) in [6.07, 6.45) is 2.17. The summed E-state index contributed by atoms with van der Waals surface area (Å²) in [7, 11) is 0. The third-order valence-corrected chi connectivity index (χ3v) is 4.02. The van der Waals surface area contributed by atoms with Gasteiger partial charge in [-0.3, -0.25) is 0 Å². The van der Waals surface area contributed by atoms with Gasteiger partial charge in [-0.15, -0.1) is 11.3 Å². The number of benzene rings is 1. The van der Waals surface area contributed by atoms with Crippen molar-refractivity contribution in [2.75, 3.05) is 6.54 Å². The zero-order valence-electron chi connectivity index (χ0n) is 12.2. The summed E-state index contributed by atoms with van der Waals surface area (Å²) in [6, 6.07) is 9.90. The molecular formula is C16H22N2OS. The van der Waals surface area contributed by atoms with E-state index < -0.39 is 0 Å². The minimum absolute atomic E-state index is 0.553. The molecule has 0 saturated carbocycles. The van der Waals surface area contributed by atoms with E-state index in [1.165, 1.54) is 10.6 Å². The highest BCUT2D eigenvalue weighted by atomic mass is 32.1. The Hall–Kier alpha value is -1.39. The Balaban J connectivity index is 2.00. The van der Waals surface area contributed by atoms with Gasteiger partial charge >= 0.3 is 0 Å². The molecule has 0 bridgehead atoms. The molecule has 0 atom stereocenters. The van der Waals surface area contributed by atoms with Crippen molar-refractivity contribution in [3.63, 3.8) is 0 Å². The summed E-state index contributed by atoms with van der Waals surface area (Å²) in [5.41, 5.74) is 1.23. The first-order valence-electron chi connectivity index (χ1n) is 7.19. The molecular weight excluding hydrogens is 268 g/mol. The van der Waals surface area contributed by atoms with Gasteiger partial charge in [-0.2, -0.15) is 0 Å². The van der Waals surface area contributed by atoms with Gasteiger partial charge < -0.3 is 10.1 Å². The normalized spacial score (nSPS) is 10.7. The first-order chi connectivity index (χ1) is 9.83. The van der Waals surface area contributed by atoms with Crippen molar-refractivity contribution in [2.45, 2.75) is 39.8 Å². The molecule has 2 rings (SSSR count). The fourth-order valence-electron chi connectivity index (χ4n) is 1.97. The average Bonchev–Trinajstić information content (AvgIpc) is 2.87. The lowest BCUT2D eigenvalue weighted by atomic mass is 10.2. The van der Waals surface area contributed by atoms with Crippen LogP contribution in [0.4, 0.5) is 0 Å². The molecule has 0 unspecified atom stereocenters. The number of rotatable bonds is 8. The third-order valence-electron chi connectivity index (χ3n) is 2.95. The molecule has 0 amide bonds. The molecule has 1 N–H and O–H groups in total. The number of hydrogen-bond acceptors (Lipinski definition) is 4. The summed E-state index contributed by atoms with van der Waals surface area (Å²) in [4.78, 5) is 6.07. The van der Waals surface area contributed by atoms with Crippen molar-refractivity contribution in [1.29, 1.82) is 0 Å². The van der Waals surface area contributed by atoms with E-state index in [0.29, 0.717) is 6.61 Å². The average molecular weight is 290 g/mol. The first-order valence-corrected chi connectivity index (χ1v) is 8.01. The maximum absolute atomic E-state index is 5.77. The van der Waals surface area contributed by atoms with Gasteiger partial charge in [0.05, 0.1) is 5.69 Å². The Kier molecular flexibility index (Phi) is 6.02. The maximum atomic E-state index is 5.77. The quantitative estimate of drug-likeness (QED) is 0.803. The van der Waals surface area contributed by atoms with Crippen molar-refractivity contribution in [1.82, 2.24) is 10.3 Å². The molecule has 1 aromatic carbocycles. The Bertz CT molecular complexity index is 510. The van der Waals surface area contributed by atoms with Gasteiger partial charge in [0.1, 0.15) is 17.4 Å². The summed E-state index contributed by atoms with van der Waals surface area (Å²) < 4.78 is 5.77. The predicted octanol–water partition coefficient (Wildman–Crippen LogP) is 3.78. The van der Waals surface area contributed by atoms with E-state index in [9.17, 15) is 0 Å². The van der Waals surface area contributed by atoms with Crippen LogP contribution >= 0.6 is 11.3 Å². The van der Waals surface area contributed by atoms with Gasteiger partial charge in [-0.1, -0.05) is 38.5 Å². The fraction of sp³-hybridized carbons (Fsp3) is 0.438. The van der Waals surface area contributed by atoms with Crippen LogP contribution in [0.2, 0.25) is 0 Å². The van der Waals surface area contributed by atoms with Crippen molar-refractivity contribution in [2.24, 2.45) is 0 Å². The molecule has 0 saturated heterocycles. The number of nitrogens with one attached hydrogen (secondary N) is 1. The molecule has 0 aliphatic rings. The lowest BCUT2D eigenvalue weighted by Crippen LogP contribution is -2.11. The largest absolute Gasteiger partial charge is 0.486 e. The van der Waals surface area contributed by atoms with Crippen LogP contribution < -0.4 is 10.1 Å². The highest BCUT2D eigenvalue weighted by molar-refractivity contribution is 7.11. The number of ether oxygens (including phenoxy) is 1. The molecule has 4 heteroatoms. The van der Waals surface area contributed by atoms with Gasteiger partial charge in [0, 0.05) is 11.4 Å². The molecule has 3 nitrogen and oxygen atoms in total. The number of thiazole rings is 1. The topological polar surface area (TPSA) is 34.1 Å². The number of aryl methyl sites for hydroxylation is 1. The minimum Gasteiger partial charge on any atom is -0.486 e. The Morgan fingerprint density at radius 3 is 2.70 bits per heavy atom. The van der Waals surface area contributed by atoms with Crippen LogP contribution in [0.3, 0.4) is 0 Å². The van der Waals surface area contributed by atoms with E-state index in [-0.39, 0.29) is 0 Å². The smallest absolute Gasteiger partial charge is 0.140 e. The second-order valence-corrected chi connectivity index (χ2v) is 5.78.